The standard InChI is InChI=1S/C13H22N2O2/c1-11-4-5-12(10-13(11)14)15-6-3-7-17-9-8-16-2/h4-5,10,15H,3,6-9,14H2,1-2H3. The maximum absolute atomic E-state index is 5.83. The molecule has 96 valence electrons. The Morgan fingerprint density at radius 3 is 2.76 bits per heavy atom. The smallest absolute Gasteiger partial charge is 0.0700 e. The van der Waals surface area contributed by atoms with Crippen LogP contribution in [0.5, 0.6) is 0 Å². The van der Waals surface area contributed by atoms with Crippen molar-refractivity contribution >= 4 is 11.4 Å². The number of ether oxygens (including phenoxy) is 2. The molecular weight excluding hydrogens is 216 g/mol. The molecule has 0 fully saturated rings. The molecule has 0 radical (unpaired) electrons. The molecule has 1 rings (SSSR count). The summed E-state index contributed by atoms with van der Waals surface area (Å²) in [6, 6.07) is 6.02. The van der Waals surface area contributed by atoms with Gasteiger partial charge in [-0.25, -0.2) is 0 Å². The Kier molecular flexibility index (Phi) is 6.43. The molecule has 17 heavy (non-hydrogen) atoms. The second kappa shape index (κ2) is 7.92. The minimum atomic E-state index is 0.655. The number of nitrogens with two attached hydrogens (primary N) is 1. The van der Waals surface area contributed by atoms with E-state index in [1.54, 1.807) is 7.11 Å². The van der Waals surface area contributed by atoms with Crippen molar-refractivity contribution in [2.45, 2.75) is 13.3 Å². The highest BCUT2D eigenvalue weighted by atomic mass is 16.5. The van der Waals surface area contributed by atoms with Crippen molar-refractivity contribution in [1.29, 1.82) is 0 Å². The number of aryl methyl sites for hydroxylation is 1. The molecule has 0 saturated heterocycles. The SMILES string of the molecule is COCCOCCCNc1ccc(C)c(N)c1. The quantitative estimate of drug-likeness (QED) is 0.537. The molecule has 3 N–H and O–H groups in total. The van der Waals surface area contributed by atoms with E-state index in [0.29, 0.717) is 13.2 Å². The fourth-order valence-corrected chi connectivity index (χ4v) is 1.40. The molecule has 0 aliphatic rings. The van der Waals surface area contributed by atoms with Gasteiger partial charge in [0, 0.05) is 31.6 Å². The van der Waals surface area contributed by atoms with Crippen LogP contribution >= 0.6 is 0 Å². The average Bonchev–Trinajstić information content (AvgIpc) is 2.32. The summed E-state index contributed by atoms with van der Waals surface area (Å²) in [5, 5.41) is 3.31. The molecule has 0 aromatic heterocycles. The van der Waals surface area contributed by atoms with Gasteiger partial charge in [-0.15, -0.1) is 0 Å². The summed E-state index contributed by atoms with van der Waals surface area (Å²) in [6.45, 7) is 4.95. The van der Waals surface area contributed by atoms with Crippen LogP contribution in [-0.2, 0) is 9.47 Å². The van der Waals surface area contributed by atoms with Gasteiger partial charge in [-0.3, -0.25) is 0 Å². The van der Waals surface area contributed by atoms with Gasteiger partial charge < -0.3 is 20.5 Å². The van der Waals surface area contributed by atoms with E-state index in [2.05, 4.69) is 5.32 Å². The van der Waals surface area contributed by atoms with Crippen LogP contribution in [0.3, 0.4) is 0 Å². The van der Waals surface area contributed by atoms with Gasteiger partial charge in [0.15, 0.2) is 0 Å². The molecule has 1 aromatic carbocycles. The Hall–Kier alpha value is -1.26. The van der Waals surface area contributed by atoms with Gasteiger partial charge in [-0.05, 0) is 31.0 Å². The molecule has 4 heteroatoms. The van der Waals surface area contributed by atoms with Crippen LogP contribution in [0.4, 0.5) is 11.4 Å². The molecule has 0 unspecified atom stereocenters. The summed E-state index contributed by atoms with van der Waals surface area (Å²) in [6.07, 6.45) is 0.970. The molecule has 0 aliphatic carbocycles. The number of nitrogen functional groups attached to an aromatic ring is 1. The molecule has 0 spiro atoms. The lowest BCUT2D eigenvalue weighted by atomic mass is 10.2. The van der Waals surface area contributed by atoms with E-state index in [1.165, 1.54) is 0 Å². The van der Waals surface area contributed by atoms with Crippen molar-refractivity contribution in [1.82, 2.24) is 0 Å². The lowest BCUT2D eigenvalue weighted by molar-refractivity contribution is 0.0705. The van der Waals surface area contributed by atoms with Crippen LogP contribution in [0, 0.1) is 6.92 Å². The number of methoxy groups -OCH3 is 1. The highest BCUT2D eigenvalue weighted by Gasteiger charge is 1.96. The highest BCUT2D eigenvalue weighted by Crippen LogP contribution is 2.16. The molecular formula is C13H22N2O2. The number of anilines is 2. The van der Waals surface area contributed by atoms with Gasteiger partial charge in [-0.2, -0.15) is 0 Å². The van der Waals surface area contributed by atoms with Crippen LogP contribution in [0.25, 0.3) is 0 Å². The molecule has 4 nitrogen and oxygen atoms in total. The average molecular weight is 238 g/mol. The maximum Gasteiger partial charge on any atom is 0.0700 e. The highest BCUT2D eigenvalue weighted by molar-refractivity contribution is 5.58. The minimum absolute atomic E-state index is 0.655. The van der Waals surface area contributed by atoms with E-state index < -0.39 is 0 Å². The van der Waals surface area contributed by atoms with Gasteiger partial charge in [0.25, 0.3) is 0 Å². The van der Waals surface area contributed by atoms with Crippen LogP contribution in [0.15, 0.2) is 18.2 Å². The Morgan fingerprint density at radius 2 is 2.06 bits per heavy atom. The lowest BCUT2D eigenvalue weighted by Gasteiger charge is -2.08. The van der Waals surface area contributed by atoms with Crippen LogP contribution < -0.4 is 11.1 Å². The Morgan fingerprint density at radius 1 is 1.24 bits per heavy atom. The molecule has 0 saturated carbocycles. The zero-order valence-corrected chi connectivity index (χ0v) is 10.7. The van der Waals surface area contributed by atoms with Crippen LogP contribution in [-0.4, -0.2) is 33.5 Å². The Labute approximate surface area is 103 Å². The third-order valence-corrected chi connectivity index (χ3v) is 2.51. The van der Waals surface area contributed by atoms with Crippen LogP contribution in [0.1, 0.15) is 12.0 Å². The second-order valence-electron chi connectivity index (χ2n) is 3.96. The van der Waals surface area contributed by atoms with Crippen molar-refractivity contribution in [3.8, 4) is 0 Å². The number of hydrogen-bond donors (Lipinski definition) is 2. The summed E-state index contributed by atoms with van der Waals surface area (Å²) in [5.74, 6) is 0. The van der Waals surface area contributed by atoms with Crippen molar-refractivity contribution in [3.63, 3.8) is 0 Å². The fraction of sp³-hybridized carbons (Fsp3) is 0.538. The Bertz CT molecular complexity index is 329. The first-order valence-electron chi connectivity index (χ1n) is 5.90. The second-order valence-corrected chi connectivity index (χ2v) is 3.96. The largest absolute Gasteiger partial charge is 0.398 e. The maximum atomic E-state index is 5.83. The minimum Gasteiger partial charge on any atom is -0.398 e. The number of rotatable bonds is 8. The molecule has 0 atom stereocenters. The molecule has 0 aliphatic heterocycles. The topological polar surface area (TPSA) is 56.5 Å². The summed E-state index contributed by atoms with van der Waals surface area (Å²) in [5.41, 5.74) is 8.82. The molecule has 0 amide bonds. The van der Waals surface area contributed by atoms with E-state index in [1.807, 2.05) is 25.1 Å². The van der Waals surface area contributed by atoms with Crippen molar-refractivity contribution in [2.24, 2.45) is 0 Å². The van der Waals surface area contributed by atoms with Gasteiger partial charge in [0.1, 0.15) is 0 Å². The first-order valence-corrected chi connectivity index (χ1v) is 5.90. The fourth-order valence-electron chi connectivity index (χ4n) is 1.40. The van der Waals surface area contributed by atoms with Gasteiger partial charge in [0.05, 0.1) is 13.2 Å². The lowest BCUT2D eigenvalue weighted by Crippen LogP contribution is -2.08. The zero-order valence-electron chi connectivity index (χ0n) is 10.7. The van der Waals surface area contributed by atoms with E-state index in [9.17, 15) is 0 Å². The van der Waals surface area contributed by atoms with Gasteiger partial charge in [0.2, 0.25) is 0 Å². The number of benzene rings is 1. The first kappa shape index (κ1) is 13.8. The van der Waals surface area contributed by atoms with Crippen molar-refractivity contribution < 1.29 is 9.47 Å². The normalized spacial score (nSPS) is 10.5. The van der Waals surface area contributed by atoms with E-state index >= 15 is 0 Å². The first-order chi connectivity index (χ1) is 8.24. The van der Waals surface area contributed by atoms with E-state index in [4.69, 9.17) is 15.2 Å². The Balaban J connectivity index is 2.11. The predicted molar refractivity (Wildman–Crippen MR) is 71.4 cm³/mol. The summed E-state index contributed by atoms with van der Waals surface area (Å²) < 4.78 is 10.3. The predicted octanol–water partition coefficient (Wildman–Crippen LogP) is 2.04. The molecule has 0 bridgehead atoms. The monoisotopic (exact) mass is 238 g/mol. The van der Waals surface area contributed by atoms with Crippen molar-refractivity contribution in [3.05, 3.63) is 23.8 Å². The summed E-state index contributed by atoms with van der Waals surface area (Å²) >= 11 is 0. The third-order valence-electron chi connectivity index (χ3n) is 2.51. The summed E-state index contributed by atoms with van der Waals surface area (Å²) in [7, 11) is 1.67. The number of nitrogens with one attached hydrogen (secondary N) is 1. The van der Waals surface area contributed by atoms with Crippen molar-refractivity contribution in [2.75, 3.05) is 44.5 Å². The molecule has 0 heterocycles. The zero-order chi connectivity index (χ0) is 12.5. The number of hydrogen-bond acceptors (Lipinski definition) is 4. The van der Waals surface area contributed by atoms with Gasteiger partial charge in [-0.1, -0.05) is 6.07 Å². The van der Waals surface area contributed by atoms with E-state index in [-0.39, 0.29) is 0 Å². The molecule has 1 aromatic rings. The van der Waals surface area contributed by atoms with Gasteiger partial charge >= 0.3 is 0 Å². The van der Waals surface area contributed by atoms with E-state index in [0.717, 1.165) is 36.5 Å². The summed E-state index contributed by atoms with van der Waals surface area (Å²) in [4.78, 5) is 0. The third kappa shape index (κ3) is 5.56. The van der Waals surface area contributed by atoms with Crippen LogP contribution in [0.2, 0.25) is 0 Å².